The zero-order valence-corrected chi connectivity index (χ0v) is 8.50. The molecule has 0 unspecified atom stereocenters. The molecule has 0 aromatic heterocycles. The Morgan fingerprint density at radius 3 is 2.40 bits per heavy atom. The van der Waals surface area contributed by atoms with E-state index >= 15 is 0 Å². The van der Waals surface area contributed by atoms with E-state index in [9.17, 15) is 8.78 Å². The standard InChI is InChI=1S/C10H13BF2O2/c1-2-3-4-7-5-6-8(11(14)15)10(13)9(7)12/h5-6,14-15H,2-4H2,1H3. The van der Waals surface area contributed by atoms with Crippen LogP contribution in [0.2, 0.25) is 0 Å². The predicted octanol–water partition coefficient (Wildman–Crippen LogP) is 0.987. The molecule has 0 saturated carbocycles. The molecule has 1 aromatic carbocycles. The van der Waals surface area contributed by atoms with Gasteiger partial charge in [0.1, 0.15) is 0 Å². The summed E-state index contributed by atoms with van der Waals surface area (Å²) in [5, 5.41) is 17.5. The maximum Gasteiger partial charge on any atom is 0.491 e. The molecule has 5 heteroatoms. The number of unbranched alkanes of at least 4 members (excludes halogenated alkanes) is 1. The molecule has 0 bridgehead atoms. The Bertz CT molecular complexity index is 342. The SMILES string of the molecule is CCCCc1ccc(B(O)O)c(F)c1F. The number of benzene rings is 1. The van der Waals surface area contributed by atoms with Crippen molar-refractivity contribution in [2.24, 2.45) is 0 Å². The van der Waals surface area contributed by atoms with Crippen LogP contribution in [0.4, 0.5) is 8.78 Å². The number of hydrogen-bond donors (Lipinski definition) is 2. The third-order valence-electron chi connectivity index (χ3n) is 2.27. The van der Waals surface area contributed by atoms with E-state index in [1.165, 1.54) is 12.1 Å². The van der Waals surface area contributed by atoms with Crippen LogP contribution < -0.4 is 5.46 Å². The van der Waals surface area contributed by atoms with Gasteiger partial charge in [-0.05, 0) is 18.4 Å². The van der Waals surface area contributed by atoms with Gasteiger partial charge in [0.05, 0.1) is 0 Å². The van der Waals surface area contributed by atoms with E-state index in [0.29, 0.717) is 6.42 Å². The first-order valence-electron chi connectivity index (χ1n) is 4.90. The fourth-order valence-electron chi connectivity index (χ4n) is 1.36. The summed E-state index contributed by atoms with van der Waals surface area (Å²) >= 11 is 0. The van der Waals surface area contributed by atoms with Gasteiger partial charge in [0.2, 0.25) is 0 Å². The minimum atomic E-state index is -1.97. The Morgan fingerprint density at radius 1 is 1.20 bits per heavy atom. The average Bonchev–Trinajstić information content (AvgIpc) is 2.20. The molecule has 0 fully saturated rings. The monoisotopic (exact) mass is 214 g/mol. The minimum absolute atomic E-state index is 0.277. The quantitative estimate of drug-likeness (QED) is 0.733. The van der Waals surface area contributed by atoms with E-state index < -0.39 is 24.2 Å². The zero-order chi connectivity index (χ0) is 11.4. The van der Waals surface area contributed by atoms with E-state index in [-0.39, 0.29) is 5.56 Å². The van der Waals surface area contributed by atoms with E-state index in [2.05, 4.69) is 0 Å². The second-order valence-electron chi connectivity index (χ2n) is 3.42. The van der Waals surface area contributed by atoms with E-state index in [1.807, 2.05) is 6.92 Å². The third-order valence-corrected chi connectivity index (χ3v) is 2.27. The van der Waals surface area contributed by atoms with Crippen LogP contribution in [0.5, 0.6) is 0 Å². The van der Waals surface area contributed by atoms with Crippen LogP contribution in [0.15, 0.2) is 12.1 Å². The fraction of sp³-hybridized carbons (Fsp3) is 0.400. The summed E-state index contributed by atoms with van der Waals surface area (Å²) in [6, 6.07) is 2.59. The number of rotatable bonds is 4. The molecule has 0 heterocycles. The Balaban J connectivity index is 2.99. The van der Waals surface area contributed by atoms with Crippen molar-refractivity contribution in [1.82, 2.24) is 0 Å². The lowest BCUT2D eigenvalue weighted by atomic mass is 9.79. The average molecular weight is 214 g/mol. The lowest BCUT2D eigenvalue weighted by molar-refractivity contribution is 0.419. The van der Waals surface area contributed by atoms with Crippen molar-refractivity contribution in [3.63, 3.8) is 0 Å². The van der Waals surface area contributed by atoms with Gasteiger partial charge < -0.3 is 10.0 Å². The van der Waals surface area contributed by atoms with Gasteiger partial charge in [-0.3, -0.25) is 0 Å². The highest BCUT2D eigenvalue weighted by atomic mass is 19.2. The summed E-state index contributed by atoms with van der Waals surface area (Å²) in [6.45, 7) is 1.96. The Labute approximate surface area is 87.7 Å². The number of halogens is 2. The zero-order valence-electron chi connectivity index (χ0n) is 8.50. The summed E-state index contributed by atoms with van der Waals surface area (Å²) in [6.07, 6.45) is 2.13. The van der Waals surface area contributed by atoms with Crippen LogP contribution in [-0.2, 0) is 6.42 Å². The molecule has 0 amide bonds. The summed E-state index contributed by atoms with van der Waals surface area (Å²) < 4.78 is 26.6. The molecule has 0 atom stereocenters. The topological polar surface area (TPSA) is 40.5 Å². The van der Waals surface area contributed by atoms with Gasteiger partial charge in [-0.1, -0.05) is 25.5 Å². The van der Waals surface area contributed by atoms with Gasteiger partial charge in [-0.2, -0.15) is 0 Å². The third kappa shape index (κ3) is 2.76. The van der Waals surface area contributed by atoms with Crippen molar-refractivity contribution in [1.29, 1.82) is 0 Å². The second kappa shape index (κ2) is 5.23. The van der Waals surface area contributed by atoms with Crippen molar-refractivity contribution >= 4 is 12.6 Å². The smallest absolute Gasteiger partial charge is 0.423 e. The highest BCUT2D eigenvalue weighted by Gasteiger charge is 2.21. The normalized spacial score (nSPS) is 10.5. The van der Waals surface area contributed by atoms with E-state index in [4.69, 9.17) is 10.0 Å². The van der Waals surface area contributed by atoms with Gasteiger partial charge in [0.15, 0.2) is 11.6 Å². The van der Waals surface area contributed by atoms with Gasteiger partial charge >= 0.3 is 7.12 Å². The number of hydrogen-bond acceptors (Lipinski definition) is 2. The maximum atomic E-state index is 13.3. The van der Waals surface area contributed by atoms with Crippen molar-refractivity contribution in [3.8, 4) is 0 Å². The lowest BCUT2D eigenvalue weighted by Gasteiger charge is -2.07. The second-order valence-corrected chi connectivity index (χ2v) is 3.42. The van der Waals surface area contributed by atoms with E-state index in [0.717, 1.165) is 12.8 Å². The van der Waals surface area contributed by atoms with Gasteiger partial charge in [0.25, 0.3) is 0 Å². The highest BCUT2D eigenvalue weighted by Crippen LogP contribution is 2.13. The summed E-state index contributed by atoms with van der Waals surface area (Å²) in [4.78, 5) is 0. The molecule has 0 saturated heterocycles. The Hall–Kier alpha value is -0.935. The van der Waals surface area contributed by atoms with Crippen molar-refractivity contribution < 1.29 is 18.8 Å². The minimum Gasteiger partial charge on any atom is -0.423 e. The fourth-order valence-corrected chi connectivity index (χ4v) is 1.36. The molecule has 82 valence electrons. The van der Waals surface area contributed by atoms with Crippen LogP contribution in [-0.4, -0.2) is 17.2 Å². The Kier molecular flexibility index (Phi) is 4.23. The predicted molar refractivity (Wildman–Crippen MR) is 54.8 cm³/mol. The molecule has 2 nitrogen and oxygen atoms in total. The summed E-state index contributed by atoms with van der Waals surface area (Å²) in [5.41, 5.74) is -0.147. The first kappa shape index (κ1) is 12.1. The van der Waals surface area contributed by atoms with Gasteiger partial charge in [-0.25, -0.2) is 8.78 Å². The first-order valence-corrected chi connectivity index (χ1v) is 4.90. The molecule has 0 aliphatic heterocycles. The molecule has 15 heavy (non-hydrogen) atoms. The summed E-state index contributed by atoms with van der Waals surface area (Å²) in [5.74, 6) is -2.15. The van der Waals surface area contributed by atoms with Gasteiger partial charge in [0, 0.05) is 5.46 Å². The number of aryl methyl sites for hydroxylation is 1. The molecule has 1 aromatic rings. The van der Waals surface area contributed by atoms with Crippen molar-refractivity contribution in [3.05, 3.63) is 29.3 Å². The van der Waals surface area contributed by atoms with Crippen LogP contribution in [0.3, 0.4) is 0 Å². The molecule has 0 radical (unpaired) electrons. The van der Waals surface area contributed by atoms with Crippen molar-refractivity contribution in [2.45, 2.75) is 26.2 Å². The maximum absolute atomic E-state index is 13.3. The molecule has 0 aliphatic carbocycles. The highest BCUT2D eigenvalue weighted by molar-refractivity contribution is 6.58. The van der Waals surface area contributed by atoms with Crippen LogP contribution >= 0.6 is 0 Å². The molecular formula is C10H13BF2O2. The molecule has 0 aliphatic rings. The largest absolute Gasteiger partial charge is 0.491 e. The van der Waals surface area contributed by atoms with Crippen LogP contribution in [0, 0.1) is 11.6 Å². The van der Waals surface area contributed by atoms with Crippen LogP contribution in [0.1, 0.15) is 25.3 Å². The van der Waals surface area contributed by atoms with Gasteiger partial charge in [-0.15, -0.1) is 0 Å². The lowest BCUT2D eigenvalue weighted by Crippen LogP contribution is -2.33. The van der Waals surface area contributed by atoms with E-state index in [1.54, 1.807) is 0 Å². The molecule has 0 spiro atoms. The Morgan fingerprint density at radius 2 is 1.87 bits per heavy atom. The molecule has 1 rings (SSSR count). The van der Waals surface area contributed by atoms with Crippen molar-refractivity contribution in [2.75, 3.05) is 0 Å². The summed E-state index contributed by atoms with van der Waals surface area (Å²) in [7, 11) is -1.97. The molecule has 2 N–H and O–H groups in total. The first-order chi connectivity index (χ1) is 7.07. The molecular weight excluding hydrogens is 201 g/mol. The van der Waals surface area contributed by atoms with Crippen LogP contribution in [0.25, 0.3) is 0 Å².